The molecule has 0 aromatic heterocycles. The second kappa shape index (κ2) is 7.77. The van der Waals surface area contributed by atoms with Crippen LogP contribution in [0.15, 0.2) is 24.3 Å². The zero-order valence-corrected chi connectivity index (χ0v) is 13.2. The highest BCUT2D eigenvalue weighted by molar-refractivity contribution is 5.91. The van der Waals surface area contributed by atoms with Gasteiger partial charge in [0.1, 0.15) is 18.5 Å². The first-order valence-corrected chi connectivity index (χ1v) is 8.27. The average molecular weight is 320 g/mol. The minimum absolute atomic E-state index is 0.0683. The number of hydrogen-bond acceptors (Lipinski definition) is 5. The Hall–Kier alpha value is -1.63. The maximum atomic E-state index is 11.8. The van der Waals surface area contributed by atoms with Crippen molar-refractivity contribution in [3.63, 3.8) is 0 Å². The second-order valence-corrected chi connectivity index (χ2v) is 6.17. The van der Waals surface area contributed by atoms with Crippen LogP contribution >= 0.6 is 0 Å². The van der Waals surface area contributed by atoms with Gasteiger partial charge in [-0.1, -0.05) is 6.42 Å². The van der Waals surface area contributed by atoms with Gasteiger partial charge in [0, 0.05) is 18.8 Å². The van der Waals surface area contributed by atoms with Crippen molar-refractivity contribution in [1.82, 2.24) is 5.32 Å². The highest BCUT2D eigenvalue weighted by Crippen LogP contribution is 2.24. The maximum Gasteiger partial charge on any atom is 0.250 e. The molecule has 1 heterocycles. The van der Waals surface area contributed by atoms with Crippen molar-refractivity contribution < 1.29 is 19.4 Å². The summed E-state index contributed by atoms with van der Waals surface area (Å²) in [7, 11) is 0. The third kappa shape index (κ3) is 4.67. The Morgan fingerprint density at radius 2 is 1.96 bits per heavy atom. The molecule has 1 saturated heterocycles. The zero-order valence-electron chi connectivity index (χ0n) is 13.2. The SMILES string of the molecule is O=C(COC1CNC1)Nc1ccc(OC2CCCCC2O)cc1. The molecule has 6 heteroatoms. The van der Waals surface area contributed by atoms with Gasteiger partial charge >= 0.3 is 0 Å². The van der Waals surface area contributed by atoms with E-state index in [0.717, 1.165) is 38.8 Å². The van der Waals surface area contributed by atoms with Crippen LogP contribution in [0.1, 0.15) is 25.7 Å². The van der Waals surface area contributed by atoms with E-state index < -0.39 is 0 Å². The Labute approximate surface area is 136 Å². The average Bonchev–Trinajstić information content (AvgIpc) is 2.50. The van der Waals surface area contributed by atoms with Gasteiger partial charge in [-0.3, -0.25) is 4.79 Å². The molecular weight excluding hydrogens is 296 g/mol. The fourth-order valence-corrected chi connectivity index (χ4v) is 2.78. The van der Waals surface area contributed by atoms with E-state index in [9.17, 15) is 9.90 Å². The lowest BCUT2D eigenvalue weighted by atomic mass is 9.95. The van der Waals surface area contributed by atoms with Crippen LogP contribution in [0.3, 0.4) is 0 Å². The smallest absolute Gasteiger partial charge is 0.250 e. The van der Waals surface area contributed by atoms with Gasteiger partial charge in [0.15, 0.2) is 0 Å². The number of carbonyl (C=O) groups excluding carboxylic acids is 1. The summed E-state index contributed by atoms with van der Waals surface area (Å²) in [5.74, 6) is 0.555. The lowest BCUT2D eigenvalue weighted by molar-refractivity contribution is -0.123. The lowest BCUT2D eigenvalue weighted by Gasteiger charge is -2.28. The fraction of sp³-hybridized carbons (Fsp3) is 0.588. The molecule has 2 unspecified atom stereocenters. The van der Waals surface area contributed by atoms with Crippen LogP contribution in [0.2, 0.25) is 0 Å². The number of anilines is 1. The minimum Gasteiger partial charge on any atom is -0.488 e. The van der Waals surface area contributed by atoms with Gasteiger partial charge in [-0.05, 0) is 43.5 Å². The first-order chi connectivity index (χ1) is 11.2. The summed E-state index contributed by atoms with van der Waals surface area (Å²) in [5.41, 5.74) is 0.710. The molecule has 126 valence electrons. The van der Waals surface area contributed by atoms with E-state index in [1.165, 1.54) is 0 Å². The first-order valence-electron chi connectivity index (χ1n) is 8.27. The van der Waals surface area contributed by atoms with Crippen molar-refractivity contribution >= 4 is 11.6 Å². The number of benzene rings is 1. The third-order valence-electron chi connectivity index (χ3n) is 4.29. The number of aliphatic hydroxyl groups is 1. The van der Waals surface area contributed by atoms with Crippen LogP contribution in [0, 0.1) is 0 Å². The van der Waals surface area contributed by atoms with Gasteiger partial charge in [0.05, 0.1) is 12.2 Å². The second-order valence-electron chi connectivity index (χ2n) is 6.17. The van der Waals surface area contributed by atoms with E-state index >= 15 is 0 Å². The maximum absolute atomic E-state index is 11.8. The number of aliphatic hydroxyl groups excluding tert-OH is 1. The standard InChI is InChI=1S/C17H24N2O4/c20-15-3-1-2-4-16(15)23-13-7-5-12(6-8-13)19-17(21)11-22-14-9-18-10-14/h5-8,14-16,18,20H,1-4,9-11H2,(H,19,21). The van der Waals surface area contributed by atoms with Gasteiger partial charge in [0.25, 0.3) is 0 Å². The quantitative estimate of drug-likeness (QED) is 0.736. The van der Waals surface area contributed by atoms with Crippen molar-refractivity contribution in [2.24, 2.45) is 0 Å². The molecule has 1 aromatic carbocycles. The molecule has 0 bridgehead atoms. The van der Waals surface area contributed by atoms with Crippen molar-refractivity contribution in [3.8, 4) is 5.75 Å². The molecule has 0 spiro atoms. The van der Waals surface area contributed by atoms with Crippen LogP contribution < -0.4 is 15.4 Å². The predicted octanol–water partition coefficient (Wildman–Crippen LogP) is 1.30. The lowest BCUT2D eigenvalue weighted by Crippen LogP contribution is -2.49. The van der Waals surface area contributed by atoms with Gasteiger partial charge in [-0.25, -0.2) is 0 Å². The fourth-order valence-electron chi connectivity index (χ4n) is 2.78. The van der Waals surface area contributed by atoms with Gasteiger partial charge in [-0.15, -0.1) is 0 Å². The summed E-state index contributed by atoms with van der Waals surface area (Å²) in [5, 5.41) is 15.8. The number of rotatable bonds is 6. The molecule has 1 aliphatic carbocycles. The highest BCUT2D eigenvalue weighted by Gasteiger charge is 2.24. The highest BCUT2D eigenvalue weighted by atomic mass is 16.5. The molecule has 3 rings (SSSR count). The number of nitrogens with one attached hydrogen (secondary N) is 2. The molecule has 1 aliphatic heterocycles. The van der Waals surface area contributed by atoms with Gasteiger partial charge in [-0.2, -0.15) is 0 Å². The Bertz CT molecular complexity index is 516. The summed E-state index contributed by atoms with van der Waals surface area (Å²) >= 11 is 0. The molecule has 1 aromatic rings. The molecule has 6 nitrogen and oxygen atoms in total. The molecule has 3 N–H and O–H groups in total. The first kappa shape index (κ1) is 16.2. The van der Waals surface area contributed by atoms with Gasteiger partial charge < -0.3 is 25.2 Å². The Morgan fingerprint density at radius 1 is 1.22 bits per heavy atom. The molecule has 0 radical (unpaired) electrons. The van der Waals surface area contributed by atoms with E-state index in [-0.39, 0.29) is 30.8 Å². The summed E-state index contributed by atoms with van der Waals surface area (Å²) < 4.78 is 11.3. The third-order valence-corrected chi connectivity index (χ3v) is 4.29. The van der Waals surface area contributed by atoms with E-state index in [4.69, 9.17) is 9.47 Å². The van der Waals surface area contributed by atoms with Crippen LogP contribution in [0.4, 0.5) is 5.69 Å². The summed E-state index contributed by atoms with van der Waals surface area (Å²) in [4.78, 5) is 11.8. The van der Waals surface area contributed by atoms with E-state index in [0.29, 0.717) is 11.4 Å². The number of ether oxygens (including phenoxy) is 2. The molecule has 2 aliphatic rings. The van der Waals surface area contributed by atoms with Crippen molar-refractivity contribution in [2.75, 3.05) is 25.0 Å². The summed E-state index contributed by atoms with van der Waals surface area (Å²) in [6, 6.07) is 7.22. The molecule has 23 heavy (non-hydrogen) atoms. The van der Waals surface area contributed by atoms with Crippen LogP contribution in [0.25, 0.3) is 0 Å². The van der Waals surface area contributed by atoms with Gasteiger partial charge in [0.2, 0.25) is 5.91 Å². The van der Waals surface area contributed by atoms with Crippen molar-refractivity contribution in [3.05, 3.63) is 24.3 Å². The summed E-state index contributed by atoms with van der Waals surface area (Å²) in [6.45, 7) is 1.69. The minimum atomic E-state index is -0.388. The van der Waals surface area contributed by atoms with E-state index in [1.54, 1.807) is 12.1 Å². The Morgan fingerprint density at radius 3 is 2.61 bits per heavy atom. The number of hydrogen-bond donors (Lipinski definition) is 3. The predicted molar refractivity (Wildman–Crippen MR) is 86.6 cm³/mol. The van der Waals surface area contributed by atoms with Crippen LogP contribution in [-0.4, -0.2) is 49.0 Å². The van der Waals surface area contributed by atoms with E-state index in [2.05, 4.69) is 10.6 Å². The van der Waals surface area contributed by atoms with Crippen molar-refractivity contribution in [1.29, 1.82) is 0 Å². The largest absolute Gasteiger partial charge is 0.488 e. The van der Waals surface area contributed by atoms with E-state index in [1.807, 2.05) is 12.1 Å². The Kier molecular flexibility index (Phi) is 5.48. The van der Waals surface area contributed by atoms with Crippen LogP contribution in [0.5, 0.6) is 5.75 Å². The monoisotopic (exact) mass is 320 g/mol. The number of carbonyl (C=O) groups is 1. The molecular formula is C17H24N2O4. The number of amides is 1. The van der Waals surface area contributed by atoms with Crippen molar-refractivity contribution in [2.45, 2.75) is 44.0 Å². The zero-order chi connectivity index (χ0) is 16.1. The molecule has 2 fully saturated rings. The topological polar surface area (TPSA) is 79.8 Å². The Balaban J connectivity index is 1.45. The summed E-state index contributed by atoms with van der Waals surface area (Å²) in [6.07, 6.45) is 3.47. The molecule has 2 atom stereocenters. The normalized spacial score (nSPS) is 24.7. The molecule has 1 amide bonds. The molecule has 1 saturated carbocycles. The van der Waals surface area contributed by atoms with Crippen LogP contribution in [-0.2, 0) is 9.53 Å².